The second-order valence-electron chi connectivity index (χ2n) is 1.56. The number of aliphatic hydroxyl groups is 1. The molecule has 0 saturated carbocycles. The Hall–Kier alpha value is -0.660. The monoisotopic (exact) mass is 169 g/mol. The molecule has 7 heteroatoms. The van der Waals surface area contributed by atoms with Crippen molar-refractivity contribution < 1.29 is 28.0 Å². The average Bonchev–Trinajstić information content (AvgIpc) is 1.62. The number of carbonyl (C=O) groups is 1. The number of hydrogen-bond donors (Lipinski definition) is 3. The Kier molecular flexibility index (Phi) is 2.04. The summed E-state index contributed by atoms with van der Waals surface area (Å²) in [4.78, 5) is 6.45. The van der Waals surface area contributed by atoms with Crippen LogP contribution in [0.1, 0.15) is 0 Å². The van der Waals surface area contributed by atoms with Crippen LogP contribution in [0.2, 0.25) is 0 Å². The van der Waals surface area contributed by atoms with E-state index in [4.69, 9.17) is 14.8 Å². The lowest BCUT2D eigenvalue weighted by Gasteiger charge is -2.12. The highest BCUT2D eigenvalue weighted by molar-refractivity contribution is 7.88. The summed E-state index contributed by atoms with van der Waals surface area (Å²) in [5.74, 6) is -2.13. The molecule has 0 fully saturated rings. The minimum absolute atomic E-state index is 2.13. The maximum atomic E-state index is 9.96. The molecular weight excluding hydrogens is 164 g/mol. The van der Waals surface area contributed by atoms with Crippen molar-refractivity contribution in [3.8, 4) is 0 Å². The van der Waals surface area contributed by atoms with E-state index in [9.17, 15) is 13.2 Å². The maximum Gasteiger partial charge on any atom is 0.354 e. The van der Waals surface area contributed by atoms with Crippen LogP contribution < -0.4 is 0 Å². The molecule has 0 aliphatic heterocycles. The summed E-state index contributed by atoms with van der Waals surface area (Å²) in [5.41, 5.74) is 0. The molecular formula is C3H5O6S. The number of rotatable bonds is 2. The van der Waals surface area contributed by atoms with E-state index in [0.717, 1.165) is 0 Å². The van der Waals surface area contributed by atoms with E-state index >= 15 is 0 Å². The van der Waals surface area contributed by atoms with Gasteiger partial charge in [-0.1, -0.05) is 0 Å². The fraction of sp³-hybridized carbons (Fsp3) is 0.333. The van der Waals surface area contributed by atoms with E-state index in [0.29, 0.717) is 0 Å². The Morgan fingerprint density at radius 3 is 1.80 bits per heavy atom. The minimum atomic E-state index is -5.06. The Bertz CT molecular complexity index is 236. The highest BCUT2D eigenvalue weighted by Crippen LogP contribution is 2.09. The first kappa shape index (κ1) is 9.34. The molecule has 0 rings (SSSR count). The SMILES string of the molecule is [CH2]C(O)(C(=O)O)S(=O)(=O)O. The molecule has 0 aliphatic carbocycles. The summed E-state index contributed by atoms with van der Waals surface area (Å²) < 4.78 is 27.9. The third-order valence-corrected chi connectivity index (χ3v) is 1.79. The molecule has 0 amide bonds. The molecule has 0 aromatic rings. The first-order valence-corrected chi connectivity index (χ1v) is 3.41. The van der Waals surface area contributed by atoms with Gasteiger partial charge in [0.2, 0.25) is 0 Å². The predicted octanol–water partition coefficient (Wildman–Crippen LogP) is -1.52. The lowest BCUT2D eigenvalue weighted by molar-refractivity contribution is -0.147. The second-order valence-corrected chi connectivity index (χ2v) is 3.19. The normalized spacial score (nSPS) is 17.9. The quantitative estimate of drug-likeness (QED) is 0.433. The predicted molar refractivity (Wildman–Crippen MR) is 29.5 cm³/mol. The van der Waals surface area contributed by atoms with Crippen LogP contribution in [0, 0.1) is 6.92 Å². The number of aliphatic carboxylic acids is 1. The van der Waals surface area contributed by atoms with Crippen molar-refractivity contribution in [3.63, 3.8) is 0 Å². The molecule has 0 aromatic heterocycles. The van der Waals surface area contributed by atoms with Crippen LogP contribution >= 0.6 is 0 Å². The van der Waals surface area contributed by atoms with Gasteiger partial charge in [-0.2, -0.15) is 8.42 Å². The Labute approximate surface area is 56.8 Å². The third kappa shape index (κ3) is 1.43. The number of carboxylic acids is 1. The molecule has 0 aliphatic rings. The van der Waals surface area contributed by atoms with Crippen LogP contribution in [0.3, 0.4) is 0 Å². The van der Waals surface area contributed by atoms with Crippen LogP contribution in [-0.2, 0) is 14.9 Å². The Balaban J connectivity index is 4.95. The topological polar surface area (TPSA) is 112 Å². The zero-order chi connectivity index (χ0) is 8.58. The maximum absolute atomic E-state index is 9.96. The van der Waals surface area contributed by atoms with E-state index in [2.05, 4.69) is 6.92 Å². The van der Waals surface area contributed by atoms with E-state index in [-0.39, 0.29) is 0 Å². The lowest BCUT2D eigenvalue weighted by atomic mass is 10.4. The first-order valence-electron chi connectivity index (χ1n) is 1.97. The van der Waals surface area contributed by atoms with Gasteiger partial charge in [0.25, 0.3) is 4.93 Å². The fourth-order valence-electron chi connectivity index (χ4n) is 0.110. The molecule has 59 valence electrons. The lowest BCUT2D eigenvalue weighted by Crippen LogP contribution is -2.43. The molecule has 0 heterocycles. The smallest absolute Gasteiger partial charge is 0.354 e. The highest BCUT2D eigenvalue weighted by atomic mass is 32.2. The summed E-state index contributed by atoms with van der Waals surface area (Å²) in [6.45, 7) is 2.36. The largest absolute Gasteiger partial charge is 0.478 e. The van der Waals surface area contributed by atoms with Crippen molar-refractivity contribution in [2.75, 3.05) is 0 Å². The summed E-state index contributed by atoms with van der Waals surface area (Å²) in [7, 11) is -5.06. The van der Waals surface area contributed by atoms with Crippen LogP contribution in [0.15, 0.2) is 0 Å². The fourth-order valence-corrected chi connectivity index (χ4v) is 0.331. The van der Waals surface area contributed by atoms with Gasteiger partial charge in [0, 0.05) is 6.92 Å². The molecule has 3 N–H and O–H groups in total. The van der Waals surface area contributed by atoms with Gasteiger partial charge in [-0.25, -0.2) is 4.79 Å². The molecule has 1 unspecified atom stereocenters. The zero-order valence-corrected chi connectivity index (χ0v) is 5.50. The molecule has 0 bridgehead atoms. The second kappa shape index (κ2) is 2.19. The number of hydrogen-bond acceptors (Lipinski definition) is 4. The zero-order valence-electron chi connectivity index (χ0n) is 4.68. The first-order chi connectivity index (χ1) is 4.19. The minimum Gasteiger partial charge on any atom is -0.478 e. The molecule has 6 nitrogen and oxygen atoms in total. The molecule has 0 saturated heterocycles. The number of carboxylic acid groups (broad SMARTS) is 1. The van der Waals surface area contributed by atoms with Crippen LogP contribution in [0.5, 0.6) is 0 Å². The molecule has 1 radical (unpaired) electrons. The van der Waals surface area contributed by atoms with Gasteiger partial charge >= 0.3 is 16.1 Å². The van der Waals surface area contributed by atoms with Gasteiger partial charge in [0.15, 0.2) is 0 Å². The van der Waals surface area contributed by atoms with E-state index in [1.165, 1.54) is 0 Å². The molecule has 0 aromatic carbocycles. The standard InChI is InChI=1S/C3H5O6S/c1-3(6,2(4)5)10(7,8)9/h6H,1H2,(H,4,5)(H,7,8,9). The van der Waals surface area contributed by atoms with Crippen molar-refractivity contribution in [3.05, 3.63) is 6.92 Å². The third-order valence-electron chi connectivity index (χ3n) is 0.761. The van der Waals surface area contributed by atoms with Crippen LogP contribution in [0.4, 0.5) is 0 Å². The van der Waals surface area contributed by atoms with E-state index < -0.39 is 21.0 Å². The van der Waals surface area contributed by atoms with Gasteiger partial charge in [0.05, 0.1) is 0 Å². The summed E-state index contributed by atoms with van der Waals surface area (Å²) in [5, 5.41) is 16.3. The van der Waals surface area contributed by atoms with Gasteiger partial charge in [-0.3, -0.25) is 4.55 Å². The van der Waals surface area contributed by atoms with Crippen molar-refractivity contribution in [2.45, 2.75) is 4.93 Å². The van der Waals surface area contributed by atoms with Gasteiger partial charge < -0.3 is 10.2 Å². The van der Waals surface area contributed by atoms with Crippen molar-refractivity contribution >= 4 is 16.1 Å². The van der Waals surface area contributed by atoms with E-state index in [1.54, 1.807) is 0 Å². The van der Waals surface area contributed by atoms with Crippen molar-refractivity contribution in [1.29, 1.82) is 0 Å². The van der Waals surface area contributed by atoms with Gasteiger partial charge in [0.1, 0.15) is 0 Å². The van der Waals surface area contributed by atoms with Gasteiger partial charge in [-0.15, -0.1) is 0 Å². The van der Waals surface area contributed by atoms with E-state index in [1.807, 2.05) is 0 Å². The molecule has 0 spiro atoms. The molecule has 1 atom stereocenters. The van der Waals surface area contributed by atoms with Crippen LogP contribution in [-0.4, -0.2) is 34.1 Å². The molecule has 10 heavy (non-hydrogen) atoms. The average molecular weight is 169 g/mol. The van der Waals surface area contributed by atoms with Crippen molar-refractivity contribution in [1.82, 2.24) is 0 Å². The summed E-state index contributed by atoms with van der Waals surface area (Å²) in [6.07, 6.45) is 0. The highest BCUT2D eigenvalue weighted by Gasteiger charge is 2.44. The van der Waals surface area contributed by atoms with Crippen molar-refractivity contribution in [2.24, 2.45) is 0 Å². The Morgan fingerprint density at radius 2 is 1.80 bits per heavy atom. The Morgan fingerprint density at radius 1 is 1.50 bits per heavy atom. The summed E-state index contributed by atoms with van der Waals surface area (Å²) in [6, 6.07) is 0. The van der Waals surface area contributed by atoms with Crippen LogP contribution in [0.25, 0.3) is 0 Å². The summed E-state index contributed by atoms with van der Waals surface area (Å²) >= 11 is 0. The van der Waals surface area contributed by atoms with Gasteiger partial charge in [-0.05, 0) is 0 Å².